The molecule has 24 heavy (non-hydrogen) atoms. The van der Waals surface area contributed by atoms with Crippen molar-refractivity contribution in [1.29, 1.82) is 0 Å². The lowest BCUT2D eigenvalue weighted by atomic mass is 10.1. The number of hydrogen-bond donors (Lipinski definition) is 2. The molecule has 5 nitrogen and oxygen atoms in total. The number of amides is 2. The number of phenols is 1. The lowest BCUT2D eigenvalue weighted by Crippen LogP contribution is -2.42. The van der Waals surface area contributed by atoms with Gasteiger partial charge in [-0.3, -0.25) is 0 Å². The SMILES string of the molecule is CC(NC(=O)N(C)CCN1CCCCCC1)c1ccc(O)c(F)c1. The Kier molecular flexibility index (Phi) is 6.85. The number of likely N-dealkylation sites (tertiary alicyclic amines) is 1. The number of hydrogen-bond acceptors (Lipinski definition) is 3. The molecular formula is C18H28FN3O2. The summed E-state index contributed by atoms with van der Waals surface area (Å²) in [7, 11) is 1.78. The molecular weight excluding hydrogens is 309 g/mol. The Morgan fingerprint density at radius 1 is 1.33 bits per heavy atom. The zero-order valence-corrected chi connectivity index (χ0v) is 14.6. The first-order valence-corrected chi connectivity index (χ1v) is 8.70. The lowest BCUT2D eigenvalue weighted by Gasteiger charge is -2.25. The zero-order valence-electron chi connectivity index (χ0n) is 14.6. The Balaban J connectivity index is 1.80. The second-order valence-electron chi connectivity index (χ2n) is 6.56. The first-order valence-electron chi connectivity index (χ1n) is 8.70. The van der Waals surface area contributed by atoms with Crippen molar-refractivity contribution < 1.29 is 14.3 Å². The smallest absolute Gasteiger partial charge is 0.317 e. The molecule has 0 radical (unpaired) electrons. The number of rotatable bonds is 5. The first-order chi connectivity index (χ1) is 11.5. The average Bonchev–Trinajstić information content (AvgIpc) is 2.83. The van der Waals surface area contributed by atoms with E-state index in [0.717, 1.165) is 19.6 Å². The quantitative estimate of drug-likeness (QED) is 0.868. The molecule has 2 N–H and O–H groups in total. The van der Waals surface area contributed by atoms with Gasteiger partial charge in [-0.2, -0.15) is 0 Å². The van der Waals surface area contributed by atoms with Crippen LogP contribution in [-0.4, -0.2) is 54.2 Å². The molecule has 0 spiro atoms. The molecule has 0 bridgehead atoms. The molecule has 2 rings (SSSR count). The van der Waals surface area contributed by atoms with Crippen molar-refractivity contribution in [1.82, 2.24) is 15.1 Å². The van der Waals surface area contributed by atoms with Crippen LogP contribution in [0.4, 0.5) is 9.18 Å². The molecule has 1 fully saturated rings. The largest absolute Gasteiger partial charge is 0.505 e. The molecule has 1 aromatic rings. The summed E-state index contributed by atoms with van der Waals surface area (Å²) >= 11 is 0. The minimum Gasteiger partial charge on any atom is -0.505 e. The van der Waals surface area contributed by atoms with Crippen LogP contribution in [0.3, 0.4) is 0 Å². The fraction of sp³-hybridized carbons (Fsp3) is 0.611. The topological polar surface area (TPSA) is 55.8 Å². The van der Waals surface area contributed by atoms with Gasteiger partial charge in [-0.1, -0.05) is 18.9 Å². The summed E-state index contributed by atoms with van der Waals surface area (Å²) in [6.07, 6.45) is 5.07. The van der Waals surface area contributed by atoms with E-state index in [9.17, 15) is 14.3 Å². The molecule has 6 heteroatoms. The van der Waals surface area contributed by atoms with E-state index in [1.807, 2.05) is 0 Å². The van der Waals surface area contributed by atoms with Gasteiger partial charge in [0.15, 0.2) is 11.6 Å². The van der Waals surface area contributed by atoms with Crippen LogP contribution in [0.2, 0.25) is 0 Å². The van der Waals surface area contributed by atoms with E-state index < -0.39 is 5.82 Å². The predicted octanol–water partition coefficient (Wildman–Crippen LogP) is 3.11. The maximum atomic E-state index is 13.4. The maximum absolute atomic E-state index is 13.4. The van der Waals surface area contributed by atoms with Gasteiger partial charge in [-0.05, 0) is 50.6 Å². The molecule has 1 atom stereocenters. The molecule has 0 aliphatic carbocycles. The molecule has 2 amide bonds. The van der Waals surface area contributed by atoms with Gasteiger partial charge in [0.25, 0.3) is 0 Å². The average molecular weight is 337 g/mol. The van der Waals surface area contributed by atoms with Gasteiger partial charge >= 0.3 is 6.03 Å². The van der Waals surface area contributed by atoms with E-state index in [1.54, 1.807) is 24.9 Å². The monoisotopic (exact) mass is 337 g/mol. The van der Waals surface area contributed by atoms with Crippen molar-refractivity contribution in [2.75, 3.05) is 33.2 Å². The Morgan fingerprint density at radius 2 is 2.00 bits per heavy atom. The van der Waals surface area contributed by atoms with Crippen LogP contribution in [0.25, 0.3) is 0 Å². The van der Waals surface area contributed by atoms with Crippen molar-refractivity contribution in [3.8, 4) is 5.75 Å². The van der Waals surface area contributed by atoms with E-state index in [2.05, 4.69) is 10.2 Å². The van der Waals surface area contributed by atoms with Crippen molar-refractivity contribution >= 4 is 6.03 Å². The molecule has 1 unspecified atom stereocenters. The fourth-order valence-electron chi connectivity index (χ4n) is 2.92. The number of halogens is 1. The zero-order chi connectivity index (χ0) is 17.5. The Morgan fingerprint density at radius 3 is 2.62 bits per heavy atom. The van der Waals surface area contributed by atoms with E-state index in [0.29, 0.717) is 12.1 Å². The molecule has 0 aromatic heterocycles. The number of likely N-dealkylation sites (N-methyl/N-ethyl adjacent to an activating group) is 1. The number of phenolic OH excluding ortho intramolecular Hbond substituents is 1. The summed E-state index contributed by atoms with van der Waals surface area (Å²) in [4.78, 5) is 16.3. The molecule has 0 saturated carbocycles. The van der Waals surface area contributed by atoms with Gasteiger partial charge in [-0.15, -0.1) is 0 Å². The van der Waals surface area contributed by atoms with Crippen molar-refractivity contribution in [3.05, 3.63) is 29.6 Å². The number of urea groups is 1. The summed E-state index contributed by atoms with van der Waals surface area (Å²) < 4.78 is 13.4. The van der Waals surface area contributed by atoms with Crippen LogP contribution in [-0.2, 0) is 0 Å². The van der Waals surface area contributed by atoms with E-state index in [-0.39, 0.29) is 17.8 Å². The Labute approximate surface area is 143 Å². The number of carbonyl (C=O) groups is 1. The van der Waals surface area contributed by atoms with Crippen LogP contribution in [0.5, 0.6) is 5.75 Å². The van der Waals surface area contributed by atoms with Gasteiger partial charge in [0, 0.05) is 20.1 Å². The molecule has 1 saturated heterocycles. The Bertz CT molecular complexity index is 545. The fourth-order valence-corrected chi connectivity index (χ4v) is 2.92. The number of nitrogens with zero attached hydrogens (tertiary/aromatic N) is 2. The van der Waals surface area contributed by atoms with Gasteiger partial charge in [-0.25, -0.2) is 9.18 Å². The second kappa shape index (κ2) is 8.87. The Hall–Kier alpha value is -1.82. The van der Waals surface area contributed by atoms with Gasteiger partial charge in [0.05, 0.1) is 6.04 Å². The summed E-state index contributed by atoms with van der Waals surface area (Å²) in [5.74, 6) is -1.06. The highest BCUT2D eigenvalue weighted by Crippen LogP contribution is 2.20. The molecule has 1 aliphatic heterocycles. The van der Waals surface area contributed by atoms with Crippen molar-refractivity contribution in [2.24, 2.45) is 0 Å². The number of benzene rings is 1. The number of carbonyl (C=O) groups excluding carboxylic acids is 1. The number of nitrogens with one attached hydrogen (secondary N) is 1. The third-order valence-corrected chi connectivity index (χ3v) is 4.61. The summed E-state index contributed by atoms with van der Waals surface area (Å²) in [5, 5.41) is 12.1. The maximum Gasteiger partial charge on any atom is 0.317 e. The van der Waals surface area contributed by atoms with E-state index in [4.69, 9.17) is 0 Å². The van der Waals surface area contributed by atoms with Gasteiger partial charge in [0.1, 0.15) is 0 Å². The summed E-state index contributed by atoms with van der Waals surface area (Å²) in [5.41, 5.74) is 0.625. The van der Waals surface area contributed by atoms with Crippen molar-refractivity contribution in [2.45, 2.75) is 38.6 Å². The van der Waals surface area contributed by atoms with Crippen LogP contribution in [0.15, 0.2) is 18.2 Å². The highest BCUT2D eigenvalue weighted by Gasteiger charge is 2.16. The van der Waals surface area contributed by atoms with Gasteiger partial charge in [0.2, 0.25) is 0 Å². The normalized spacial score (nSPS) is 17.1. The van der Waals surface area contributed by atoms with Gasteiger partial charge < -0.3 is 20.2 Å². The highest BCUT2D eigenvalue weighted by atomic mass is 19.1. The second-order valence-corrected chi connectivity index (χ2v) is 6.56. The third kappa shape index (κ3) is 5.37. The first kappa shape index (κ1) is 18.5. The van der Waals surface area contributed by atoms with E-state index in [1.165, 1.54) is 37.8 Å². The van der Waals surface area contributed by atoms with Crippen LogP contribution >= 0.6 is 0 Å². The predicted molar refractivity (Wildman–Crippen MR) is 92.5 cm³/mol. The lowest BCUT2D eigenvalue weighted by molar-refractivity contribution is 0.192. The number of aromatic hydroxyl groups is 1. The molecule has 1 aliphatic rings. The van der Waals surface area contributed by atoms with E-state index >= 15 is 0 Å². The minimum atomic E-state index is -0.678. The molecule has 134 valence electrons. The van der Waals surface area contributed by atoms with Crippen LogP contribution < -0.4 is 5.32 Å². The third-order valence-electron chi connectivity index (χ3n) is 4.61. The van der Waals surface area contributed by atoms with Crippen LogP contribution in [0.1, 0.15) is 44.2 Å². The molecule has 1 aromatic carbocycles. The highest BCUT2D eigenvalue weighted by molar-refractivity contribution is 5.74. The van der Waals surface area contributed by atoms with Crippen LogP contribution in [0, 0.1) is 5.82 Å². The minimum absolute atomic E-state index is 0.175. The molecule has 1 heterocycles. The summed E-state index contributed by atoms with van der Waals surface area (Å²) in [6.45, 7) is 5.57. The standard InChI is InChI=1S/C18H28FN3O2/c1-14(15-7-8-17(23)16(19)13-15)20-18(24)21(2)11-12-22-9-5-3-4-6-10-22/h7-8,13-14,23H,3-6,9-12H2,1-2H3,(H,20,24). The summed E-state index contributed by atoms with van der Waals surface area (Å²) in [6, 6.07) is 3.66. The van der Waals surface area contributed by atoms with Crippen molar-refractivity contribution in [3.63, 3.8) is 0 Å².